The molecule has 1 unspecified atom stereocenters. The number of rotatable bonds is 6. The normalized spacial score (nSPS) is 13.8. The molecule has 1 rings (SSSR count). The van der Waals surface area contributed by atoms with Crippen molar-refractivity contribution in [3.8, 4) is 0 Å². The maximum absolute atomic E-state index is 12.4. The Hall–Kier alpha value is -0.680. The summed E-state index contributed by atoms with van der Waals surface area (Å²) < 4.78 is 37.3. The summed E-state index contributed by atoms with van der Waals surface area (Å²) in [6.07, 6.45) is -3.51. The molecule has 1 nitrogen and oxygen atoms in total. The molecule has 0 aromatic heterocycles. The molecular formula is C14H20F3NS. The van der Waals surface area contributed by atoms with Crippen molar-refractivity contribution in [3.63, 3.8) is 0 Å². The van der Waals surface area contributed by atoms with Crippen LogP contribution < -0.4 is 5.32 Å². The highest BCUT2D eigenvalue weighted by atomic mass is 32.2. The number of halogens is 3. The minimum absolute atomic E-state index is 0.282. The number of likely N-dealkylation sites (N-methyl/N-ethyl adjacent to an activating group) is 1. The summed E-state index contributed by atoms with van der Waals surface area (Å²) in [4.78, 5) is 0. The second kappa shape index (κ2) is 7.20. The number of benzene rings is 1. The van der Waals surface area contributed by atoms with Crippen molar-refractivity contribution in [2.75, 3.05) is 12.8 Å². The van der Waals surface area contributed by atoms with Crippen LogP contribution in [-0.2, 0) is 12.6 Å². The molecule has 1 atom stereocenters. The van der Waals surface area contributed by atoms with E-state index in [4.69, 9.17) is 0 Å². The minimum Gasteiger partial charge on any atom is -0.316 e. The smallest absolute Gasteiger partial charge is 0.316 e. The van der Waals surface area contributed by atoms with Gasteiger partial charge in [0.1, 0.15) is 0 Å². The van der Waals surface area contributed by atoms with Crippen LogP contribution in [-0.4, -0.2) is 24.1 Å². The van der Waals surface area contributed by atoms with Gasteiger partial charge in [-0.3, -0.25) is 0 Å². The SMILES string of the molecule is CNC(CSC(C)C)Cc1ccc(C(F)(F)F)cc1. The van der Waals surface area contributed by atoms with Crippen molar-refractivity contribution < 1.29 is 13.2 Å². The van der Waals surface area contributed by atoms with E-state index < -0.39 is 11.7 Å². The van der Waals surface area contributed by atoms with Crippen LogP contribution >= 0.6 is 11.8 Å². The topological polar surface area (TPSA) is 12.0 Å². The summed E-state index contributed by atoms with van der Waals surface area (Å²) in [5, 5.41) is 3.77. The zero-order valence-electron chi connectivity index (χ0n) is 11.4. The van der Waals surface area contributed by atoms with Crippen LogP contribution in [0.2, 0.25) is 0 Å². The quantitative estimate of drug-likeness (QED) is 0.851. The Bertz CT molecular complexity index is 373. The monoisotopic (exact) mass is 291 g/mol. The Morgan fingerprint density at radius 2 is 1.74 bits per heavy atom. The van der Waals surface area contributed by atoms with Crippen molar-refractivity contribution >= 4 is 11.8 Å². The molecule has 0 saturated carbocycles. The van der Waals surface area contributed by atoms with Gasteiger partial charge in [-0.2, -0.15) is 24.9 Å². The van der Waals surface area contributed by atoms with Gasteiger partial charge in [-0.1, -0.05) is 26.0 Å². The molecule has 19 heavy (non-hydrogen) atoms. The van der Waals surface area contributed by atoms with Gasteiger partial charge in [-0.05, 0) is 36.4 Å². The first-order chi connectivity index (χ1) is 8.82. The molecule has 1 aromatic rings. The predicted molar refractivity (Wildman–Crippen MR) is 75.6 cm³/mol. The van der Waals surface area contributed by atoms with Crippen LogP contribution in [0.3, 0.4) is 0 Å². The lowest BCUT2D eigenvalue weighted by molar-refractivity contribution is -0.137. The van der Waals surface area contributed by atoms with E-state index in [-0.39, 0.29) is 6.04 Å². The minimum atomic E-state index is -4.26. The Morgan fingerprint density at radius 1 is 1.16 bits per heavy atom. The molecule has 0 heterocycles. The molecule has 0 radical (unpaired) electrons. The number of hydrogen-bond donors (Lipinski definition) is 1. The molecule has 0 amide bonds. The second-order valence-corrected chi connectivity index (χ2v) is 6.38. The lowest BCUT2D eigenvalue weighted by Crippen LogP contribution is -2.30. The van der Waals surface area contributed by atoms with Crippen LogP contribution in [0, 0.1) is 0 Å². The molecule has 0 spiro atoms. The standard InChI is InChI=1S/C14H20F3NS/c1-10(2)19-9-13(18-3)8-11-4-6-12(7-5-11)14(15,16)17/h4-7,10,13,18H,8-9H2,1-3H3. The summed E-state index contributed by atoms with van der Waals surface area (Å²) in [6.45, 7) is 4.27. The molecule has 5 heteroatoms. The maximum atomic E-state index is 12.4. The molecule has 0 aliphatic heterocycles. The number of thioether (sulfide) groups is 1. The van der Waals surface area contributed by atoms with Gasteiger partial charge in [0.2, 0.25) is 0 Å². The summed E-state index contributed by atoms with van der Waals surface area (Å²) in [5.74, 6) is 0.954. The molecule has 1 aromatic carbocycles. The number of nitrogens with one attached hydrogen (secondary N) is 1. The number of alkyl halides is 3. The van der Waals surface area contributed by atoms with Gasteiger partial charge in [-0.15, -0.1) is 0 Å². The fraction of sp³-hybridized carbons (Fsp3) is 0.571. The van der Waals surface area contributed by atoms with Gasteiger partial charge in [0.15, 0.2) is 0 Å². The zero-order valence-corrected chi connectivity index (χ0v) is 12.2. The maximum Gasteiger partial charge on any atom is 0.416 e. The highest BCUT2D eigenvalue weighted by molar-refractivity contribution is 7.99. The highest BCUT2D eigenvalue weighted by Crippen LogP contribution is 2.29. The van der Waals surface area contributed by atoms with Crippen LogP contribution in [0.4, 0.5) is 13.2 Å². The van der Waals surface area contributed by atoms with E-state index in [1.54, 1.807) is 12.1 Å². The average molecular weight is 291 g/mol. The molecule has 108 valence electrons. The van der Waals surface area contributed by atoms with Crippen LogP contribution in [0.1, 0.15) is 25.0 Å². The Labute approximate surface area is 117 Å². The average Bonchev–Trinajstić information content (AvgIpc) is 2.33. The lowest BCUT2D eigenvalue weighted by Gasteiger charge is -2.17. The van der Waals surface area contributed by atoms with Crippen molar-refractivity contribution in [2.45, 2.75) is 37.7 Å². The van der Waals surface area contributed by atoms with E-state index >= 15 is 0 Å². The van der Waals surface area contributed by atoms with Crippen LogP contribution in [0.15, 0.2) is 24.3 Å². The van der Waals surface area contributed by atoms with Crippen molar-refractivity contribution in [1.29, 1.82) is 0 Å². The fourth-order valence-corrected chi connectivity index (χ4v) is 2.57. The molecule has 0 saturated heterocycles. The first-order valence-electron chi connectivity index (χ1n) is 6.28. The molecular weight excluding hydrogens is 271 g/mol. The summed E-state index contributed by atoms with van der Waals surface area (Å²) >= 11 is 1.85. The summed E-state index contributed by atoms with van der Waals surface area (Å²) in [5.41, 5.74) is 0.338. The Kier molecular flexibility index (Phi) is 6.20. The molecule has 0 aliphatic carbocycles. The van der Waals surface area contributed by atoms with Gasteiger partial charge in [0.05, 0.1) is 5.56 Å². The van der Waals surface area contributed by atoms with E-state index in [1.807, 2.05) is 18.8 Å². The van der Waals surface area contributed by atoms with Crippen LogP contribution in [0.5, 0.6) is 0 Å². The van der Waals surface area contributed by atoms with Gasteiger partial charge in [0, 0.05) is 11.8 Å². The number of hydrogen-bond acceptors (Lipinski definition) is 2. The molecule has 0 fully saturated rings. The molecule has 0 aliphatic rings. The van der Waals surface area contributed by atoms with Crippen molar-refractivity contribution in [3.05, 3.63) is 35.4 Å². The zero-order chi connectivity index (χ0) is 14.5. The second-order valence-electron chi connectivity index (χ2n) is 4.77. The van der Waals surface area contributed by atoms with Gasteiger partial charge in [0.25, 0.3) is 0 Å². The third-order valence-electron chi connectivity index (χ3n) is 2.80. The van der Waals surface area contributed by atoms with Gasteiger partial charge >= 0.3 is 6.18 Å². The predicted octanol–water partition coefficient (Wildman–Crippen LogP) is 3.98. The largest absolute Gasteiger partial charge is 0.416 e. The highest BCUT2D eigenvalue weighted by Gasteiger charge is 2.29. The summed E-state index contributed by atoms with van der Waals surface area (Å²) in [7, 11) is 1.88. The van der Waals surface area contributed by atoms with E-state index in [2.05, 4.69) is 19.2 Å². The van der Waals surface area contributed by atoms with E-state index in [1.165, 1.54) is 0 Å². The third-order valence-corrected chi connectivity index (χ3v) is 4.06. The fourth-order valence-electron chi connectivity index (χ4n) is 1.67. The Balaban J connectivity index is 2.60. The van der Waals surface area contributed by atoms with Crippen molar-refractivity contribution in [1.82, 2.24) is 5.32 Å². The van der Waals surface area contributed by atoms with E-state index in [9.17, 15) is 13.2 Å². The van der Waals surface area contributed by atoms with Crippen LogP contribution in [0.25, 0.3) is 0 Å². The van der Waals surface area contributed by atoms with E-state index in [0.29, 0.717) is 5.25 Å². The summed E-state index contributed by atoms with van der Waals surface area (Å²) in [6, 6.07) is 5.71. The van der Waals surface area contributed by atoms with E-state index in [0.717, 1.165) is 29.9 Å². The first-order valence-corrected chi connectivity index (χ1v) is 7.32. The molecule has 1 N–H and O–H groups in total. The molecule has 0 bridgehead atoms. The van der Waals surface area contributed by atoms with Gasteiger partial charge < -0.3 is 5.32 Å². The van der Waals surface area contributed by atoms with Crippen molar-refractivity contribution in [2.24, 2.45) is 0 Å². The Morgan fingerprint density at radius 3 is 2.16 bits per heavy atom. The lowest BCUT2D eigenvalue weighted by atomic mass is 10.1. The third kappa shape index (κ3) is 5.87. The van der Waals surface area contributed by atoms with Gasteiger partial charge in [-0.25, -0.2) is 0 Å². The first kappa shape index (κ1) is 16.4.